The number of benzene rings is 1. The van der Waals surface area contributed by atoms with Gasteiger partial charge in [-0.15, -0.1) is 0 Å². The molecule has 1 aliphatic heterocycles. The van der Waals surface area contributed by atoms with Crippen LogP contribution in [0.25, 0.3) is 0 Å². The highest BCUT2D eigenvalue weighted by atomic mass is 16.6. The fraction of sp³-hybridized carbons (Fsp3) is 0.806. The lowest BCUT2D eigenvalue weighted by atomic mass is 10.1. The maximum absolute atomic E-state index is 5.79. The van der Waals surface area contributed by atoms with Crippen LogP contribution in [-0.4, -0.2) is 151 Å². The Bertz CT molecular complexity index is 727. The molecule has 44 heavy (non-hydrogen) atoms. The number of hydrogen-bond donors (Lipinski definition) is 2. The number of anilines is 1. The second kappa shape index (κ2) is 30.1. The number of piperidine rings is 1. The average molecular weight is 633 g/mol. The number of nitrogen functional groups attached to an aromatic ring is 1. The van der Waals surface area contributed by atoms with Crippen molar-refractivity contribution in [1.29, 1.82) is 0 Å². The number of hydrogen-bond acceptors (Lipinski definition) is 13. The second-order valence-electron chi connectivity index (χ2n) is 9.75. The quantitative estimate of drug-likeness (QED) is 0.0878. The number of nitrogens with one attached hydrogen (secondary N) is 1. The third-order valence-electron chi connectivity index (χ3n) is 6.22. The van der Waals surface area contributed by atoms with E-state index in [0.29, 0.717) is 144 Å². The van der Waals surface area contributed by atoms with E-state index in [2.05, 4.69) is 5.32 Å². The SMILES string of the molecule is Nc1ccc(OCCOCCOCCOCCOCCOCCOCCOCCOCCOCCOC2CCNCC2)cc1. The van der Waals surface area contributed by atoms with Crippen LogP contribution >= 0.6 is 0 Å². The summed E-state index contributed by atoms with van der Waals surface area (Å²) < 4.78 is 60.7. The van der Waals surface area contributed by atoms with Gasteiger partial charge < -0.3 is 63.2 Å². The van der Waals surface area contributed by atoms with Crippen molar-refractivity contribution in [2.24, 2.45) is 0 Å². The van der Waals surface area contributed by atoms with Crippen LogP contribution in [0.15, 0.2) is 24.3 Å². The molecule has 1 aromatic rings. The van der Waals surface area contributed by atoms with Gasteiger partial charge in [0.15, 0.2) is 0 Å². The molecule has 0 unspecified atom stereocenters. The van der Waals surface area contributed by atoms with E-state index in [-0.39, 0.29) is 0 Å². The van der Waals surface area contributed by atoms with E-state index in [0.717, 1.165) is 31.7 Å². The largest absolute Gasteiger partial charge is 0.491 e. The van der Waals surface area contributed by atoms with E-state index in [4.69, 9.17) is 57.8 Å². The summed E-state index contributed by atoms with van der Waals surface area (Å²) in [6, 6.07) is 7.27. The predicted octanol–water partition coefficient (Wildman–Crippen LogP) is 1.57. The molecule has 1 fully saturated rings. The van der Waals surface area contributed by atoms with Crippen molar-refractivity contribution in [3.63, 3.8) is 0 Å². The van der Waals surface area contributed by atoms with Crippen molar-refractivity contribution >= 4 is 5.69 Å². The van der Waals surface area contributed by atoms with Gasteiger partial charge in [0.2, 0.25) is 0 Å². The zero-order valence-electron chi connectivity index (χ0n) is 26.4. The minimum Gasteiger partial charge on any atom is -0.491 e. The Morgan fingerprint density at radius 1 is 0.455 bits per heavy atom. The van der Waals surface area contributed by atoms with Gasteiger partial charge in [0, 0.05) is 5.69 Å². The molecule has 13 heteroatoms. The van der Waals surface area contributed by atoms with Crippen molar-refractivity contribution in [2.45, 2.75) is 18.9 Å². The molecule has 3 N–H and O–H groups in total. The molecule has 1 saturated heterocycles. The van der Waals surface area contributed by atoms with Gasteiger partial charge in [0.1, 0.15) is 12.4 Å². The molecular weight excluding hydrogens is 576 g/mol. The lowest BCUT2D eigenvalue weighted by Crippen LogP contribution is -2.33. The van der Waals surface area contributed by atoms with Gasteiger partial charge in [0.25, 0.3) is 0 Å². The van der Waals surface area contributed by atoms with Crippen LogP contribution in [0.3, 0.4) is 0 Å². The van der Waals surface area contributed by atoms with Crippen molar-refractivity contribution in [1.82, 2.24) is 5.32 Å². The molecule has 0 bridgehead atoms. The van der Waals surface area contributed by atoms with Gasteiger partial charge in [-0.05, 0) is 50.2 Å². The van der Waals surface area contributed by atoms with Crippen molar-refractivity contribution in [2.75, 3.05) is 151 Å². The Kier molecular flexibility index (Phi) is 26.3. The summed E-state index contributed by atoms with van der Waals surface area (Å²) in [5.41, 5.74) is 6.35. The van der Waals surface area contributed by atoms with Gasteiger partial charge in [-0.1, -0.05) is 0 Å². The Morgan fingerprint density at radius 3 is 1.14 bits per heavy atom. The first-order valence-electron chi connectivity index (χ1n) is 15.8. The summed E-state index contributed by atoms with van der Waals surface area (Å²) in [4.78, 5) is 0. The molecule has 1 heterocycles. The lowest BCUT2D eigenvalue weighted by Gasteiger charge is -2.22. The van der Waals surface area contributed by atoms with Gasteiger partial charge in [-0.25, -0.2) is 0 Å². The Labute approximate surface area is 263 Å². The molecule has 1 aromatic carbocycles. The third-order valence-corrected chi connectivity index (χ3v) is 6.22. The Morgan fingerprint density at radius 2 is 0.773 bits per heavy atom. The van der Waals surface area contributed by atoms with E-state index >= 15 is 0 Å². The average Bonchev–Trinajstić information content (AvgIpc) is 3.05. The summed E-state index contributed by atoms with van der Waals surface area (Å²) >= 11 is 0. The van der Waals surface area contributed by atoms with Crippen LogP contribution in [0.5, 0.6) is 5.75 Å². The van der Waals surface area contributed by atoms with Crippen molar-refractivity contribution < 1.29 is 52.1 Å². The molecule has 0 amide bonds. The molecular formula is C31H56N2O11. The Hall–Kier alpha value is -1.62. The molecule has 1 aliphatic rings. The Balaban J connectivity index is 1.14. The van der Waals surface area contributed by atoms with E-state index < -0.39 is 0 Å². The molecule has 0 saturated carbocycles. The maximum atomic E-state index is 5.79. The summed E-state index contributed by atoms with van der Waals surface area (Å²) in [5, 5.41) is 3.33. The zero-order chi connectivity index (χ0) is 31.0. The minimum atomic E-state index is 0.372. The normalized spacial score (nSPS) is 13.9. The minimum absolute atomic E-state index is 0.372. The zero-order valence-corrected chi connectivity index (χ0v) is 26.4. The monoisotopic (exact) mass is 632 g/mol. The highest BCUT2D eigenvalue weighted by Crippen LogP contribution is 2.12. The highest BCUT2D eigenvalue weighted by molar-refractivity contribution is 5.41. The number of rotatable bonds is 32. The molecule has 0 aromatic heterocycles. The van der Waals surface area contributed by atoms with Crippen LogP contribution in [0.4, 0.5) is 5.69 Å². The molecule has 256 valence electrons. The standard InChI is InChI=1S/C31H56N2O11/c32-29-1-3-30(4-2-29)43-27-25-41-23-21-39-19-17-37-15-13-35-11-9-34-10-12-36-14-16-38-18-20-40-22-24-42-26-28-44-31-5-7-33-8-6-31/h1-4,31,33H,5-28,32H2. The first kappa shape index (κ1) is 38.6. The molecule has 0 atom stereocenters. The van der Waals surface area contributed by atoms with Crippen molar-refractivity contribution in [3.8, 4) is 5.75 Å². The summed E-state index contributed by atoms with van der Waals surface area (Å²) in [6.07, 6.45) is 2.53. The number of nitrogens with two attached hydrogens (primary N) is 1. The van der Waals surface area contributed by atoms with Crippen molar-refractivity contribution in [3.05, 3.63) is 24.3 Å². The van der Waals surface area contributed by atoms with E-state index in [9.17, 15) is 0 Å². The van der Waals surface area contributed by atoms with Gasteiger partial charge in [-0.2, -0.15) is 0 Å². The molecule has 13 nitrogen and oxygen atoms in total. The third kappa shape index (κ3) is 24.7. The molecule has 0 aliphatic carbocycles. The summed E-state index contributed by atoms with van der Waals surface area (Å²) in [5.74, 6) is 0.774. The summed E-state index contributed by atoms with van der Waals surface area (Å²) in [7, 11) is 0. The number of ether oxygens (including phenoxy) is 11. The summed E-state index contributed by atoms with van der Waals surface area (Å²) in [6.45, 7) is 12.7. The lowest BCUT2D eigenvalue weighted by molar-refractivity contribution is -0.0322. The van der Waals surface area contributed by atoms with Gasteiger partial charge >= 0.3 is 0 Å². The maximum Gasteiger partial charge on any atom is 0.119 e. The molecule has 0 radical (unpaired) electrons. The van der Waals surface area contributed by atoms with Crippen LogP contribution in [0.2, 0.25) is 0 Å². The topological polar surface area (TPSA) is 140 Å². The second-order valence-corrected chi connectivity index (χ2v) is 9.75. The smallest absolute Gasteiger partial charge is 0.119 e. The van der Waals surface area contributed by atoms with Crippen LogP contribution < -0.4 is 15.8 Å². The van der Waals surface area contributed by atoms with Crippen LogP contribution in [0, 0.1) is 0 Å². The first-order chi connectivity index (χ1) is 21.8. The fourth-order valence-electron chi connectivity index (χ4n) is 3.88. The van der Waals surface area contributed by atoms with E-state index in [1.54, 1.807) is 12.1 Å². The van der Waals surface area contributed by atoms with Crippen LogP contribution in [-0.2, 0) is 47.4 Å². The van der Waals surface area contributed by atoms with E-state index in [1.807, 2.05) is 12.1 Å². The van der Waals surface area contributed by atoms with Gasteiger partial charge in [0.05, 0.1) is 132 Å². The fourth-order valence-corrected chi connectivity index (χ4v) is 3.88. The predicted molar refractivity (Wildman–Crippen MR) is 166 cm³/mol. The van der Waals surface area contributed by atoms with Gasteiger partial charge in [-0.3, -0.25) is 0 Å². The van der Waals surface area contributed by atoms with E-state index in [1.165, 1.54) is 0 Å². The first-order valence-corrected chi connectivity index (χ1v) is 15.8. The molecule has 2 rings (SSSR count). The molecule has 0 spiro atoms. The van der Waals surface area contributed by atoms with Crippen LogP contribution in [0.1, 0.15) is 12.8 Å². The highest BCUT2D eigenvalue weighted by Gasteiger charge is 2.12.